The number of esters is 2. The van der Waals surface area contributed by atoms with Crippen molar-refractivity contribution in [2.45, 2.75) is 6.92 Å². The summed E-state index contributed by atoms with van der Waals surface area (Å²) < 4.78 is 27.1. The van der Waals surface area contributed by atoms with Crippen molar-refractivity contribution in [3.05, 3.63) is 149 Å². The fourth-order valence-electron chi connectivity index (χ4n) is 4.97. The molecule has 0 aliphatic heterocycles. The number of nitrogens with one attached hydrogen (secondary N) is 2. The van der Waals surface area contributed by atoms with Crippen LogP contribution >= 0.6 is 0 Å². The van der Waals surface area contributed by atoms with E-state index in [-0.39, 0.29) is 22.6 Å². The predicted octanol–water partition coefficient (Wildman–Crippen LogP) is 6.88. The lowest BCUT2D eigenvalue weighted by Crippen LogP contribution is -2.18. The van der Waals surface area contributed by atoms with Crippen molar-refractivity contribution in [3.8, 4) is 28.7 Å². The molecular weight excluding hydrogens is 678 g/mol. The number of carbonyl (C=O) groups excluding carboxylic acids is 4. The number of ether oxygens (including phenoxy) is 5. The third-order valence-electron chi connectivity index (χ3n) is 7.61. The molecule has 5 rings (SSSR count). The zero-order valence-electron chi connectivity index (χ0n) is 29.2. The van der Waals surface area contributed by atoms with Crippen molar-refractivity contribution >= 4 is 41.7 Å². The van der Waals surface area contributed by atoms with Crippen molar-refractivity contribution in [3.63, 3.8) is 0 Å². The highest BCUT2D eigenvalue weighted by atomic mass is 16.5. The van der Waals surface area contributed by atoms with E-state index in [1.807, 2.05) is 13.0 Å². The number of hydrazone groups is 1. The summed E-state index contributed by atoms with van der Waals surface area (Å²) in [5.41, 5.74) is 5.70. The van der Waals surface area contributed by atoms with Gasteiger partial charge in [0.05, 0.1) is 33.1 Å². The Morgan fingerprint density at radius 3 is 1.89 bits per heavy atom. The zero-order valence-corrected chi connectivity index (χ0v) is 29.2. The van der Waals surface area contributed by atoms with E-state index in [1.54, 1.807) is 78.9 Å². The van der Waals surface area contributed by atoms with E-state index in [9.17, 15) is 19.2 Å². The lowest BCUT2D eigenvalue weighted by molar-refractivity contribution is -0.128. The summed E-state index contributed by atoms with van der Waals surface area (Å²) in [6.45, 7) is 1.88. The van der Waals surface area contributed by atoms with Crippen molar-refractivity contribution < 1.29 is 42.9 Å². The normalized spacial score (nSPS) is 10.8. The molecule has 2 amide bonds. The van der Waals surface area contributed by atoms with E-state index in [0.29, 0.717) is 39.6 Å². The van der Waals surface area contributed by atoms with Crippen LogP contribution in [0.15, 0.2) is 120 Å². The Balaban J connectivity index is 1.17. The van der Waals surface area contributed by atoms with E-state index < -0.39 is 23.8 Å². The average Bonchev–Trinajstić information content (AvgIpc) is 3.17. The second kappa shape index (κ2) is 17.6. The van der Waals surface area contributed by atoms with Crippen LogP contribution in [0.25, 0.3) is 6.08 Å². The summed E-state index contributed by atoms with van der Waals surface area (Å²) in [4.78, 5) is 51.2. The SMILES string of the molecule is COc1cc(C(=O)Nc2ccc(C(=O)N/N=C/c3ccccc3OC(=O)/C=C/c3ccccc3OC(=O)c3cccc(C)c3)cc2)cc(OC)c1OC. The molecule has 12 nitrogen and oxygen atoms in total. The molecule has 5 aromatic carbocycles. The number of carbonyl (C=O) groups is 4. The van der Waals surface area contributed by atoms with Crippen LogP contribution in [0, 0.1) is 6.92 Å². The molecular formula is C41H35N3O9. The van der Waals surface area contributed by atoms with Gasteiger partial charge in [-0.25, -0.2) is 15.0 Å². The monoisotopic (exact) mass is 713 g/mol. The summed E-state index contributed by atoms with van der Waals surface area (Å²) in [5.74, 6) is -0.640. The van der Waals surface area contributed by atoms with Crippen LogP contribution in [0.2, 0.25) is 0 Å². The van der Waals surface area contributed by atoms with Gasteiger partial charge in [-0.3, -0.25) is 9.59 Å². The van der Waals surface area contributed by atoms with Gasteiger partial charge in [-0.2, -0.15) is 5.10 Å². The largest absolute Gasteiger partial charge is 0.493 e. The summed E-state index contributed by atoms with van der Waals surface area (Å²) in [6, 6.07) is 29.8. The smallest absolute Gasteiger partial charge is 0.343 e. The molecule has 0 aliphatic rings. The third kappa shape index (κ3) is 9.73. The van der Waals surface area contributed by atoms with Gasteiger partial charge in [0.15, 0.2) is 11.5 Å². The highest BCUT2D eigenvalue weighted by Gasteiger charge is 2.18. The second-order valence-corrected chi connectivity index (χ2v) is 11.2. The molecule has 2 N–H and O–H groups in total. The highest BCUT2D eigenvalue weighted by molar-refractivity contribution is 6.05. The maximum absolute atomic E-state index is 12.9. The molecule has 0 bridgehead atoms. The van der Waals surface area contributed by atoms with E-state index in [2.05, 4.69) is 15.8 Å². The molecule has 0 heterocycles. The van der Waals surface area contributed by atoms with Gasteiger partial charge < -0.3 is 29.0 Å². The van der Waals surface area contributed by atoms with Gasteiger partial charge in [-0.15, -0.1) is 0 Å². The molecule has 0 saturated heterocycles. The van der Waals surface area contributed by atoms with Gasteiger partial charge in [-0.1, -0.05) is 48.0 Å². The van der Waals surface area contributed by atoms with Gasteiger partial charge in [0.1, 0.15) is 11.5 Å². The Hall–Kier alpha value is -7.21. The van der Waals surface area contributed by atoms with E-state index >= 15 is 0 Å². The number of hydrogen-bond acceptors (Lipinski definition) is 10. The predicted molar refractivity (Wildman–Crippen MR) is 199 cm³/mol. The average molecular weight is 714 g/mol. The molecule has 5 aromatic rings. The first-order chi connectivity index (χ1) is 25.7. The fourth-order valence-corrected chi connectivity index (χ4v) is 4.97. The standard InChI is InChI=1S/C41H35N3O9/c1-26-10-9-13-29(22-26)41(48)53-33-14-7-5-11-27(33)18-21-37(45)52-34-15-8-6-12-30(34)25-42-44-40(47)28-16-19-32(20-17-28)43-39(46)31-23-35(49-2)38(51-4)36(24-31)50-3/h5-25H,1-4H3,(H,43,46)(H,44,47)/b21-18+,42-25+. The molecule has 0 saturated carbocycles. The number of para-hydroxylation sites is 2. The van der Waals surface area contributed by atoms with E-state index in [1.165, 1.54) is 64.0 Å². The van der Waals surface area contributed by atoms with Gasteiger partial charge in [-0.05, 0) is 79.7 Å². The topological polar surface area (TPSA) is 151 Å². The summed E-state index contributed by atoms with van der Waals surface area (Å²) in [6.07, 6.45) is 4.05. The minimum atomic E-state index is -0.688. The molecule has 0 unspecified atom stereocenters. The molecule has 0 spiro atoms. The number of aryl methyl sites for hydroxylation is 1. The van der Waals surface area contributed by atoms with Crippen LogP contribution in [-0.2, 0) is 4.79 Å². The number of nitrogens with zero attached hydrogens (tertiary/aromatic N) is 1. The molecule has 12 heteroatoms. The molecule has 0 atom stereocenters. The Morgan fingerprint density at radius 2 is 1.25 bits per heavy atom. The van der Waals surface area contributed by atoms with Gasteiger partial charge in [0.2, 0.25) is 5.75 Å². The quantitative estimate of drug-likeness (QED) is 0.0438. The van der Waals surface area contributed by atoms with Crippen molar-refractivity contribution in [2.75, 3.05) is 26.6 Å². The van der Waals surface area contributed by atoms with Crippen molar-refractivity contribution in [1.29, 1.82) is 0 Å². The van der Waals surface area contributed by atoms with Crippen LogP contribution in [0.1, 0.15) is 47.8 Å². The summed E-state index contributed by atoms with van der Waals surface area (Å²) in [5, 5.41) is 6.79. The van der Waals surface area contributed by atoms with Crippen LogP contribution in [0.5, 0.6) is 28.7 Å². The van der Waals surface area contributed by atoms with Crippen molar-refractivity contribution in [2.24, 2.45) is 5.10 Å². The molecule has 0 aromatic heterocycles. The Morgan fingerprint density at radius 1 is 0.604 bits per heavy atom. The third-order valence-corrected chi connectivity index (χ3v) is 7.61. The Labute approximate surface area is 305 Å². The number of rotatable bonds is 13. The van der Waals surface area contributed by atoms with E-state index in [4.69, 9.17) is 23.7 Å². The van der Waals surface area contributed by atoms with Gasteiger partial charge in [0, 0.05) is 34.0 Å². The minimum absolute atomic E-state index is 0.200. The van der Waals surface area contributed by atoms with Crippen LogP contribution in [0.4, 0.5) is 5.69 Å². The molecule has 53 heavy (non-hydrogen) atoms. The second-order valence-electron chi connectivity index (χ2n) is 11.2. The number of hydrogen-bond donors (Lipinski definition) is 2. The first-order valence-electron chi connectivity index (χ1n) is 16.1. The van der Waals surface area contributed by atoms with Crippen LogP contribution < -0.4 is 34.4 Å². The van der Waals surface area contributed by atoms with E-state index in [0.717, 1.165) is 5.56 Å². The molecule has 268 valence electrons. The number of amides is 2. The number of methoxy groups -OCH3 is 3. The Kier molecular flexibility index (Phi) is 12.3. The van der Waals surface area contributed by atoms with Crippen LogP contribution in [-0.4, -0.2) is 51.3 Å². The lowest BCUT2D eigenvalue weighted by atomic mass is 10.1. The molecule has 0 radical (unpaired) electrons. The highest BCUT2D eigenvalue weighted by Crippen LogP contribution is 2.38. The van der Waals surface area contributed by atoms with Crippen molar-refractivity contribution in [1.82, 2.24) is 5.43 Å². The van der Waals surface area contributed by atoms with Gasteiger partial charge in [0.25, 0.3) is 11.8 Å². The summed E-state index contributed by atoms with van der Waals surface area (Å²) in [7, 11) is 4.38. The first-order valence-corrected chi connectivity index (χ1v) is 16.1. The lowest BCUT2D eigenvalue weighted by Gasteiger charge is -2.14. The number of anilines is 1. The fraction of sp³-hybridized carbons (Fsp3) is 0.0976. The Bertz CT molecular complexity index is 2170. The van der Waals surface area contributed by atoms with Gasteiger partial charge >= 0.3 is 11.9 Å². The summed E-state index contributed by atoms with van der Waals surface area (Å²) >= 11 is 0. The van der Waals surface area contributed by atoms with Crippen LogP contribution in [0.3, 0.4) is 0 Å². The minimum Gasteiger partial charge on any atom is -0.493 e. The zero-order chi connectivity index (χ0) is 37.7. The molecule has 0 aliphatic carbocycles. The molecule has 0 fully saturated rings. The maximum Gasteiger partial charge on any atom is 0.343 e. The first kappa shape index (κ1) is 37.1. The number of benzene rings is 5. The maximum atomic E-state index is 12.9.